The van der Waals surface area contributed by atoms with Gasteiger partial charge in [0.25, 0.3) is 0 Å². The second-order valence-corrected chi connectivity index (χ2v) is 9.38. The van der Waals surface area contributed by atoms with Crippen molar-refractivity contribution in [2.75, 3.05) is 59.7 Å². The second kappa shape index (κ2) is 10.8. The van der Waals surface area contributed by atoms with Crippen LogP contribution >= 0.6 is 0 Å². The number of amides is 4. The van der Waals surface area contributed by atoms with E-state index < -0.39 is 23.0 Å². The second-order valence-electron chi connectivity index (χ2n) is 9.38. The van der Waals surface area contributed by atoms with E-state index in [9.17, 15) is 23.6 Å². The van der Waals surface area contributed by atoms with Crippen molar-refractivity contribution >= 4 is 23.6 Å². The molecule has 0 spiro atoms. The molecule has 3 saturated heterocycles. The minimum atomic E-state index is -1.62. The third-order valence-corrected chi connectivity index (χ3v) is 7.22. The Balaban J connectivity index is 1.55. The smallest absolute Gasteiger partial charge is 0.241 e. The Labute approximate surface area is 204 Å². The van der Waals surface area contributed by atoms with E-state index in [1.54, 1.807) is 15.9 Å². The highest BCUT2D eigenvalue weighted by molar-refractivity contribution is 6.10. The van der Waals surface area contributed by atoms with Crippen molar-refractivity contribution < 1.29 is 33.0 Å². The molecule has 0 N–H and O–H groups in total. The minimum Gasteiger partial charge on any atom is -0.383 e. The van der Waals surface area contributed by atoms with Gasteiger partial charge in [0.05, 0.1) is 37.7 Å². The predicted octanol–water partition coefficient (Wildman–Crippen LogP) is 0.956. The van der Waals surface area contributed by atoms with Gasteiger partial charge in [0, 0.05) is 51.7 Å². The van der Waals surface area contributed by atoms with Gasteiger partial charge in [-0.2, -0.15) is 0 Å². The molecule has 3 fully saturated rings. The largest absolute Gasteiger partial charge is 0.383 e. The van der Waals surface area contributed by atoms with Gasteiger partial charge in [-0.25, -0.2) is 4.39 Å². The highest BCUT2D eigenvalue weighted by Gasteiger charge is 2.55. The van der Waals surface area contributed by atoms with Gasteiger partial charge in [0.15, 0.2) is 0 Å². The number of rotatable bonds is 7. The molecule has 0 aromatic heterocycles. The van der Waals surface area contributed by atoms with E-state index >= 15 is 0 Å². The summed E-state index contributed by atoms with van der Waals surface area (Å²) in [5.41, 5.74) is -1.57. The average Bonchev–Trinajstić information content (AvgIpc) is 3.12. The van der Waals surface area contributed by atoms with Crippen molar-refractivity contribution in [2.24, 2.45) is 5.92 Å². The van der Waals surface area contributed by atoms with Crippen molar-refractivity contribution in [1.29, 1.82) is 0 Å². The Morgan fingerprint density at radius 3 is 2.60 bits per heavy atom. The molecule has 1 aromatic rings. The van der Waals surface area contributed by atoms with E-state index in [1.165, 1.54) is 25.3 Å². The molecule has 35 heavy (non-hydrogen) atoms. The van der Waals surface area contributed by atoms with Crippen LogP contribution in [-0.4, -0.2) is 98.0 Å². The number of benzene rings is 1. The summed E-state index contributed by atoms with van der Waals surface area (Å²) in [5, 5.41) is 0. The lowest BCUT2D eigenvalue weighted by Gasteiger charge is -2.37. The molecule has 0 unspecified atom stereocenters. The molecule has 0 bridgehead atoms. The van der Waals surface area contributed by atoms with Crippen molar-refractivity contribution in [3.8, 4) is 0 Å². The maximum atomic E-state index is 14.9. The van der Waals surface area contributed by atoms with Crippen LogP contribution in [0.15, 0.2) is 24.3 Å². The summed E-state index contributed by atoms with van der Waals surface area (Å²) in [7, 11) is 1.46. The van der Waals surface area contributed by atoms with E-state index in [1.807, 2.05) is 0 Å². The number of hydrogen-bond acceptors (Lipinski definition) is 6. The molecule has 3 heterocycles. The number of carbonyl (C=O) groups is 4. The van der Waals surface area contributed by atoms with Gasteiger partial charge < -0.3 is 19.3 Å². The maximum absolute atomic E-state index is 14.9. The number of carbonyl (C=O) groups excluding carboxylic acids is 4. The van der Waals surface area contributed by atoms with Crippen LogP contribution in [0.1, 0.15) is 31.2 Å². The fourth-order valence-corrected chi connectivity index (χ4v) is 5.32. The molecule has 10 heteroatoms. The average molecular weight is 490 g/mol. The first-order valence-corrected chi connectivity index (χ1v) is 12.1. The standard InChI is InChI=1S/C25H32FN3O6/c1-34-12-11-29-22(31)16-25(24(29)33,19-6-2-3-7-20(19)26)15-21(30)28-8-4-5-18(17-28)23(32)27-9-13-35-14-10-27/h2-3,6-7,18H,4-5,8-17H2,1H3/t18-,25+/m0/s1. The molecule has 1 aromatic carbocycles. The van der Waals surface area contributed by atoms with Gasteiger partial charge in [-0.05, 0) is 18.9 Å². The monoisotopic (exact) mass is 489 g/mol. The molecule has 190 valence electrons. The molecular weight excluding hydrogens is 457 g/mol. The van der Waals surface area contributed by atoms with Crippen LogP contribution in [0.25, 0.3) is 0 Å². The normalized spacial score (nSPS) is 25.3. The van der Waals surface area contributed by atoms with Crippen molar-refractivity contribution in [2.45, 2.75) is 31.1 Å². The third kappa shape index (κ3) is 5.08. The highest BCUT2D eigenvalue weighted by atomic mass is 19.1. The molecule has 2 atom stereocenters. The summed E-state index contributed by atoms with van der Waals surface area (Å²) in [6, 6.07) is 5.80. The number of ether oxygens (including phenoxy) is 2. The summed E-state index contributed by atoms with van der Waals surface area (Å²) in [5.74, 6) is -2.35. The Hall–Kier alpha value is -2.85. The molecule has 3 aliphatic rings. The van der Waals surface area contributed by atoms with Crippen LogP contribution in [0.4, 0.5) is 4.39 Å². The summed E-state index contributed by atoms with van der Waals surface area (Å²) in [6.45, 7) is 2.96. The van der Waals surface area contributed by atoms with E-state index in [0.29, 0.717) is 45.7 Å². The molecule has 0 aliphatic carbocycles. The summed E-state index contributed by atoms with van der Waals surface area (Å²) < 4.78 is 25.3. The van der Waals surface area contributed by atoms with Crippen LogP contribution < -0.4 is 0 Å². The molecule has 9 nitrogen and oxygen atoms in total. The van der Waals surface area contributed by atoms with Gasteiger partial charge in [0.1, 0.15) is 5.82 Å². The summed E-state index contributed by atoms with van der Waals surface area (Å²) in [6.07, 6.45) is 0.722. The fraction of sp³-hybridized carbons (Fsp3) is 0.600. The van der Waals surface area contributed by atoms with E-state index in [2.05, 4.69) is 0 Å². The SMILES string of the molecule is COCCN1C(=O)C[C@](CC(=O)N2CCC[C@H](C(=O)N3CCOCC3)C2)(c2ccccc2F)C1=O. The predicted molar refractivity (Wildman–Crippen MR) is 123 cm³/mol. The Bertz CT molecular complexity index is 982. The van der Waals surface area contributed by atoms with E-state index in [-0.39, 0.29) is 55.8 Å². The Kier molecular flexibility index (Phi) is 7.81. The highest BCUT2D eigenvalue weighted by Crippen LogP contribution is 2.41. The fourth-order valence-electron chi connectivity index (χ4n) is 5.32. The van der Waals surface area contributed by atoms with Gasteiger partial charge in [-0.1, -0.05) is 18.2 Å². The minimum absolute atomic E-state index is 0.00692. The molecule has 0 saturated carbocycles. The lowest BCUT2D eigenvalue weighted by molar-refractivity contribution is -0.147. The van der Waals surface area contributed by atoms with Crippen LogP contribution in [0.2, 0.25) is 0 Å². The van der Waals surface area contributed by atoms with Crippen LogP contribution in [-0.2, 0) is 34.1 Å². The summed E-state index contributed by atoms with van der Waals surface area (Å²) in [4.78, 5) is 57.3. The molecular formula is C25H32FN3O6. The lowest BCUT2D eigenvalue weighted by atomic mass is 9.75. The molecule has 4 amide bonds. The van der Waals surface area contributed by atoms with Gasteiger partial charge >= 0.3 is 0 Å². The number of morpholine rings is 1. The number of imide groups is 1. The Morgan fingerprint density at radius 1 is 1.14 bits per heavy atom. The number of nitrogens with zero attached hydrogens (tertiary/aromatic N) is 3. The number of likely N-dealkylation sites (tertiary alicyclic amines) is 2. The molecule has 0 radical (unpaired) electrons. The third-order valence-electron chi connectivity index (χ3n) is 7.22. The maximum Gasteiger partial charge on any atom is 0.241 e. The van der Waals surface area contributed by atoms with Crippen molar-refractivity contribution in [1.82, 2.24) is 14.7 Å². The van der Waals surface area contributed by atoms with E-state index in [0.717, 1.165) is 4.90 Å². The first kappa shape index (κ1) is 25.2. The van der Waals surface area contributed by atoms with E-state index in [4.69, 9.17) is 9.47 Å². The number of methoxy groups -OCH3 is 1. The van der Waals surface area contributed by atoms with Crippen molar-refractivity contribution in [3.05, 3.63) is 35.6 Å². The van der Waals surface area contributed by atoms with Gasteiger partial charge in [0.2, 0.25) is 23.6 Å². The quantitative estimate of drug-likeness (QED) is 0.530. The van der Waals surface area contributed by atoms with Gasteiger partial charge in [-0.3, -0.25) is 24.1 Å². The zero-order valence-electron chi connectivity index (χ0n) is 20.0. The number of piperidine rings is 1. The number of halogens is 1. The molecule has 4 rings (SSSR count). The topological polar surface area (TPSA) is 96.5 Å². The van der Waals surface area contributed by atoms with Gasteiger partial charge in [-0.15, -0.1) is 0 Å². The Morgan fingerprint density at radius 2 is 1.89 bits per heavy atom. The lowest BCUT2D eigenvalue weighted by Crippen LogP contribution is -2.51. The molecule has 3 aliphatic heterocycles. The first-order valence-electron chi connectivity index (χ1n) is 12.1. The summed E-state index contributed by atoms with van der Waals surface area (Å²) >= 11 is 0. The zero-order valence-corrected chi connectivity index (χ0v) is 20.0. The van der Waals surface area contributed by atoms with Crippen LogP contribution in [0.5, 0.6) is 0 Å². The first-order chi connectivity index (χ1) is 16.9. The number of hydrogen-bond donors (Lipinski definition) is 0. The zero-order chi connectivity index (χ0) is 25.0. The van der Waals surface area contributed by atoms with Crippen LogP contribution in [0.3, 0.4) is 0 Å². The van der Waals surface area contributed by atoms with Crippen molar-refractivity contribution in [3.63, 3.8) is 0 Å². The van der Waals surface area contributed by atoms with Crippen LogP contribution in [0, 0.1) is 11.7 Å².